The molecular formula is C22H15Cl3N3O2-. The minimum Gasteiger partial charge on any atom is -1.00 e. The fraction of sp³-hybridized carbons (Fsp3) is 0.0909. The van der Waals surface area contributed by atoms with Crippen molar-refractivity contribution in [3.05, 3.63) is 70.7 Å². The largest absolute Gasteiger partial charge is 1.00 e. The van der Waals surface area contributed by atoms with Gasteiger partial charge in [0.15, 0.2) is 17.3 Å². The Morgan fingerprint density at radius 3 is 2.47 bits per heavy atom. The number of aromatic nitrogens is 2. The maximum Gasteiger partial charge on any atom is 0.163 e. The summed E-state index contributed by atoms with van der Waals surface area (Å²) < 4.78 is 11.3. The van der Waals surface area contributed by atoms with E-state index >= 15 is 0 Å². The van der Waals surface area contributed by atoms with Crippen molar-refractivity contribution in [3.8, 4) is 22.9 Å². The lowest BCUT2D eigenvalue weighted by molar-refractivity contribution is -0.00000619. The topological polar surface area (TPSA) is 56.3 Å². The van der Waals surface area contributed by atoms with E-state index in [1.165, 1.54) is 0 Å². The molecule has 0 aliphatic carbocycles. The predicted octanol–water partition coefficient (Wildman–Crippen LogP) is 3.12. The van der Waals surface area contributed by atoms with E-state index in [0.717, 1.165) is 22.3 Å². The summed E-state index contributed by atoms with van der Waals surface area (Å²) in [5.74, 6) is 2.64. The number of hydrogen-bond donors (Lipinski definition) is 1. The molecule has 0 fully saturated rings. The third kappa shape index (κ3) is 3.97. The molecule has 30 heavy (non-hydrogen) atoms. The van der Waals surface area contributed by atoms with Gasteiger partial charge in [0.25, 0.3) is 0 Å². The number of benzene rings is 3. The Hall–Kier alpha value is -2.73. The number of para-hydroxylation sites is 1. The minimum absolute atomic E-state index is 0. The molecule has 4 aromatic rings. The van der Waals surface area contributed by atoms with Crippen LogP contribution in [0.4, 0.5) is 11.5 Å². The fourth-order valence-electron chi connectivity index (χ4n) is 3.22. The zero-order chi connectivity index (χ0) is 19.8. The van der Waals surface area contributed by atoms with Crippen molar-refractivity contribution >= 4 is 45.6 Å². The summed E-state index contributed by atoms with van der Waals surface area (Å²) in [4.78, 5) is 9.43. The van der Waals surface area contributed by atoms with E-state index in [2.05, 4.69) is 10.3 Å². The van der Waals surface area contributed by atoms with Crippen LogP contribution in [0.2, 0.25) is 10.0 Å². The zero-order valence-corrected chi connectivity index (χ0v) is 17.8. The second-order valence-corrected chi connectivity index (χ2v) is 7.36. The minimum atomic E-state index is 0. The molecule has 152 valence electrons. The molecule has 1 aliphatic rings. The average Bonchev–Trinajstić information content (AvgIpc) is 2.73. The van der Waals surface area contributed by atoms with E-state index < -0.39 is 0 Å². The lowest BCUT2D eigenvalue weighted by atomic mass is 10.1. The van der Waals surface area contributed by atoms with Crippen LogP contribution in [0.1, 0.15) is 0 Å². The van der Waals surface area contributed by atoms with Gasteiger partial charge in [-0.15, -0.1) is 0 Å². The number of rotatable bonds is 3. The molecule has 0 radical (unpaired) electrons. The Labute approximate surface area is 189 Å². The van der Waals surface area contributed by atoms with Crippen molar-refractivity contribution in [2.45, 2.75) is 0 Å². The highest BCUT2D eigenvalue weighted by molar-refractivity contribution is 6.36. The van der Waals surface area contributed by atoms with Crippen molar-refractivity contribution < 1.29 is 21.9 Å². The first-order valence-electron chi connectivity index (χ1n) is 9.06. The first kappa shape index (κ1) is 20.5. The molecular weight excluding hydrogens is 445 g/mol. The normalized spacial score (nSPS) is 12.3. The number of nitrogens with zero attached hydrogens (tertiary/aromatic N) is 2. The Morgan fingerprint density at radius 1 is 0.833 bits per heavy atom. The van der Waals surface area contributed by atoms with Gasteiger partial charge in [-0.2, -0.15) is 0 Å². The monoisotopic (exact) mass is 458 g/mol. The Balaban J connectivity index is 0.00000218. The van der Waals surface area contributed by atoms with E-state index in [4.69, 9.17) is 37.7 Å². The molecule has 0 spiro atoms. The van der Waals surface area contributed by atoms with Gasteiger partial charge < -0.3 is 27.2 Å². The van der Waals surface area contributed by atoms with Crippen LogP contribution in [0, 0.1) is 0 Å². The first-order chi connectivity index (χ1) is 14.2. The van der Waals surface area contributed by atoms with E-state index in [0.29, 0.717) is 46.2 Å². The van der Waals surface area contributed by atoms with Gasteiger partial charge in [0.05, 0.1) is 10.5 Å². The van der Waals surface area contributed by atoms with Gasteiger partial charge in [-0.1, -0.05) is 35.3 Å². The fourth-order valence-corrected chi connectivity index (χ4v) is 3.71. The van der Waals surface area contributed by atoms with Crippen LogP contribution in [0.5, 0.6) is 11.5 Å². The number of ether oxygens (including phenoxy) is 2. The van der Waals surface area contributed by atoms with E-state index in [1.54, 1.807) is 12.1 Å². The van der Waals surface area contributed by atoms with Gasteiger partial charge in [0.1, 0.15) is 19.0 Å². The third-order valence-electron chi connectivity index (χ3n) is 4.58. The summed E-state index contributed by atoms with van der Waals surface area (Å²) in [7, 11) is 0. The number of hydrogen-bond acceptors (Lipinski definition) is 5. The first-order valence-corrected chi connectivity index (χ1v) is 9.82. The Kier molecular flexibility index (Phi) is 5.86. The van der Waals surface area contributed by atoms with Gasteiger partial charge in [-0.3, -0.25) is 0 Å². The van der Waals surface area contributed by atoms with Crippen molar-refractivity contribution in [3.63, 3.8) is 0 Å². The van der Waals surface area contributed by atoms with Crippen molar-refractivity contribution in [2.75, 3.05) is 18.5 Å². The van der Waals surface area contributed by atoms with Crippen LogP contribution in [0.3, 0.4) is 0 Å². The SMILES string of the molecule is Clc1ccc(-c2nc(Nc3ccc4c(c3)OCCO4)c3ccccc3n2)c(Cl)c1.[Cl-]. The molecule has 1 N–H and O–H groups in total. The lowest BCUT2D eigenvalue weighted by Crippen LogP contribution is -3.00. The number of anilines is 2. The quantitative estimate of drug-likeness (QED) is 0.510. The second kappa shape index (κ2) is 8.56. The number of halogens is 3. The summed E-state index contributed by atoms with van der Waals surface area (Å²) in [5, 5.41) is 5.34. The summed E-state index contributed by atoms with van der Waals surface area (Å²) in [5.41, 5.74) is 2.36. The van der Waals surface area contributed by atoms with Gasteiger partial charge in [0.2, 0.25) is 0 Å². The molecule has 0 unspecified atom stereocenters. The summed E-state index contributed by atoms with van der Waals surface area (Å²) in [6, 6.07) is 18.8. The molecule has 1 aromatic heterocycles. The van der Waals surface area contributed by atoms with Crippen LogP contribution >= 0.6 is 23.2 Å². The van der Waals surface area contributed by atoms with Crippen LogP contribution in [-0.4, -0.2) is 23.2 Å². The molecule has 0 amide bonds. The third-order valence-corrected chi connectivity index (χ3v) is 5.13. The van der Waals surface area contributed by atoms with Crippen LogP contribution in [0.15, 0.2) is 60.7 Å². The summed E-state index contributed by atoms with van der Waals surface area (Å²) >= 11 is 12.4. The average molecular weight is 460 g/mol. The molecule has 5 rings (SSSR count). The molecule has 0 bridgehead atoms. The van der Waals surface area contributed by atoms with Gasteiger partial charge in [-0.25, -0.2) is 9.97 Å². The summed E-state index contributed by atoms with van der Waals surface area (Å²) in [6.07, 6.45) is 0. The summed E-state index contributed by atoms with van der Waals surface area (Å²) in [6.45, 7) is 1.09. The van der Waals surface area contributed by atoms with Crippen LogP contribution in [0.25, 0.3) is 22.3 Å². The highest BCUT2D eigenvalue weighted by atomic mass is 35.5. The molecule has 0 saturated heterocycles. The highest BCUT2D eigenvalue weighted by Gasteiger charge is 2.15. The maximum atomic E-state index is 6.39. The van der Waals surface area contributed by atoms with Crippen molar-refractivity contribution in [1.29, 1.82) is 0 Å². The standard InChI is InChI=1S/C22H15Cl2N3O2.ClH/c23-13-5-7-15(17(24)11-13)21-26-18-4-2-1-3-16(18)22(27-21)25-14-6-8-19-20(12-14)29-10-9-28-19;/h1-8,11-12H,9-10H2,(H,25,26,27);1H/p-1. The Bertz CT molecular complexity index is 1230. The molecule has 2 heterocycles. The lowest BCUT2D eigenvalue weighted by Gasteiger charge is -2.19. The van der Waals surface area contributed by atoms with Crippen molar-refractivity contribution in [2.24, 2.45) is 0 Å². The number of fused-ring (bicyclic) bond motifs is 2. The molecule has 0 atom stereocenters. The molecule has 5 nitrogen and oxygen atoms in total. The van der Waals surface area contributed by atoms with Gasteiger partial charge in [-0.05, 0) is 42.5 Å². The van der Waals surface area contributed by atoms with Gasteiger partial charge in [0, 0.05) is 27.7 Å². The van der Waals surface area contributed by atoms with Crippen molar-refractivity contribution in [1.82, 2.24) is 9.97 Å². The van der Waals surface area contributed by atoms with Gasteiger partial charge >= 0.3 is 0 Å². The Morgan fingerprint density at radius 2 is 1.63 bits per heavy atom. The highest BCUT2D eigenvalue weighted by Crippen LogP contribution is 2.35. The second-order valence-electron chi connectivity index (χ2n) is 6.52. The maximum absolute atomic E-state index is 6.39. The molecule has 0 saturated carbocycles. The molecule has 1 aliphatic heterocycles. The van der Waals surface area contributed by atoms with E-state index in [-0.39, 0.29) is 12.4 Å². The van der Waals surface area contributed by atoms with E-state index in [9.17, 15) is 0 Å². The van der Waals surface area contributed by atoms with Crippen LogP contribution in [-0.2, 0) is 0 Å². The number of nitrogens with one attached hydrogen (secondary N) is 1. The molecule has 8 heteroatoms. The predicted molar refractivity (Wildman–Crippen MR) is 116 cm³/mol. The van der Waals surface area contributed by atoms with E-state index in [1.807, 2.05) is 48.5 Å². The molecule has 3 aromatic carbocycles. The zero-order valence-electron chi connectivity index (χ0n) is 15.5. The van der Waals surface area contributed by atoms with Crippen LogP contribution < -0.4 is 27.2 Å². The smallest absolute Gasteiger partial charge is 0.163 e.